The van der Waals surface area contributed by atoms with Gasteiger partial charge in [-0.1, -0.05) is 38.3 Å². The minimum Gasteiger partial charge on any atom is -0.345 e. The molecule has 7 nitrogen and oxygen atoms in total. The van der Waals surface area contributed by atoms with Crippen LogP contribution >= 0.6 is 0 Å². The van der Waals surface area contributed by atoms with Crippen LogP contribution in [-0.2, 0) is 9.59 Å². The fourth-order valence-corrected chi connectivity index (χ4v) is 2.46. The van der Waals surface area contributed by atoms with Gasteiger partial charge in [-0.15, -0.1) is 0 Å². The summed E-state index contributed by atoms with van der Waals surface area (Å²) in [6.45, 7) is 5.85. The van der Waals surface area contributed by atoms with Crippen molar-refractivity contribution in [1.29, 1.82) is 0 Å². The third-order valence-electron chi connectivity index (χ3n) is 3.80. The number of carbonyl (C=O) groups excluding carboxylic acids is 2. The Hall–Kier alpha value is -2.70. The molecule has 0 bridgehead atoms. The highest BCUT2D eigenvalue weighted by Gasteiger charge is 2.16. The SMILES string of the molecule is CCCCC[C@@H](C)NC(=O)C(=O)Nc1cccc(-c2n[nH]c(C)n2)c1. The summed E-state index contributed by atoms with van der Waals surface area (Å²) in [4.78, 5) is 28.3. The van der Waals surface area contributed by atoms with Gasteiger partial charge in [0.2, 0.25) is 0 Å². The highest BCUT2D eigenvalue weighted by Crippen LogP contribution is 2.19. The van der Waals surface area contributed by atoms with Crippen molar-refractivity contribution in [2.45, 2.75) is 52.5 Å². The first-order valence-electron chi connectivity index (χ1n) is 8.61. The summed E-state index contributed by atoms with van der Waals surface area (Å²) in [5, 5.41) is 12.2. The van der Waals surface area contributed by atoms with Crippen molar-refractivity contribution in [3.05, 3.63) is 30.1 Å². The molecule has 0 aliphatic rings. The van der Waals surface area contributed by atoms with Crippen LogP contribution in [0.15, 0.2) is 24.3 Å². The second kappa shape index (κ2) is 8.96. The molecule has 7 heteroatoms. The van der Waals surface area contributed by atoms with Crippen LogP contribution in [-0.4, -0.2) is 33.0 Å². The van der Waals surface area contributed by atoms with Crippen LogP contribution in [0.2, 0.25) is 0 Å². The van der Waals surface area contributed by atoms with Crippen molar-refractivity contribution in [1.82, 2.24) is 20.5 Å². The molecule has 0 saturated heterocycles. The van der Waals surface area contributed by atoms with Crippen molar-refractivity contribution >= 4 is 17.5 Å². The van der Waals surface area contributed by atoms with E-state index in [-0.39, 0.29) is 6.04 Å². The van der Waals surface area contributed by atoms with E-state index in [1.165, 1.54) is 0 Å². The molecule has 2 rings (SSSR count). The van der Waals surface area contributed by atoms with E-state index < -0.39 is 11.8 Å². The molecule has 1 aromatic carbocycles. The number of aromatic amines is 1. The number of hydrogen-bond acceptors (Lipinski definition) is 4. The summed E-state index contributed by atoms with van der Waals surface area (Å²) < 4.78 is 0. The second-order valence-corrected chi connectivity index (χ2v) is 6.15. The van der Waals surface area contributed by atoms with Crippen LogP contribution in [0, 0.1) is 6.92 Å². The molecule has 1 atom stereocenters. The molecule has 0 aliphatic carbocycles. The Morgan fingerprint density at radius 3 is 2.72 bits per heavy atom. The number of nitrogens with one attached hydrogen (secondary N) is 3. The van der Waals surface area contributed by atoms with Crippen LogP contribution < -0.4 is 10.6 Å². The van der Waals surface area contributed by atoms with Crippen LogP contribution in [0.4, 0.5) is 5.69 Å². The first kappa shape index (κ1) is 18.6. The Kier molecular flexibility index (Phi) is 6.68. The summed E-state index contributed by atoms with van der Waals surface area (Å²) >= 11 is 0. The first-order valence-corrected chi connectivity index (χ1v) is 8.61. The van der Waals surface area contributed by atoms with Crippen molar-refractivity contribution in [3.8, 4) is 11.4 Å². The minimum absolute atomic E-state index is 0.0210. The predicted octanol–water partition coefficient (Wildman–Crippen LogP) is 2.80. The van der Waals surface area contributed by atoms with Gasteiger partial charge in [-0.25, -0.2) is 4.98 Å². The zero-order valence-electron chi connectivity index (χ0n) is 14.9. The molecule has 1 aromatic heterocycles. The van der Waals surface area contributed by atoms with Crippen molar-refractivity contribution in [3.63, 3.8) is 0 Å². The Morgan fingerprint density at radius 1 is 1.24 bits per heavy atom. The topological polar surface area (TPSA) is 99.8 Å². The summed E-state index contributed by atoms with van der Waals surface area (Å²) in [7, 11) is 0. The Bertz CT molecular complexity index is 726. The van der Waals surface area contributed by atoms with Gasteiger partial charge in [0.1, 0.15) is 5.82 Å². The van der Waals surface area contributed by atoms with E-state index >= 15 is 0 Å². The number of aryl methyl sites for hydroxylation is 1. The van der Waals surface area contributed by atoms with Gasteiger partial charge in [-0.2, -0.15) is 5.10 Å². The third-order valence-corrected chi connectivity index (χ3v) is 3.80. The number of carbonyl (C=O) groups is 2. The Morgan fingerprint density at radius 2 is 2.04 bits per heavy atom. The summed E-state index contributed by atoms with van der Waals surface area (Å²) in [6, 6.07) is 7.06. The maximum atomic E-state index is 12.1. The summed E-state index contributed by atoms with van der Waals surface area (Å²) in [5.41, 5.74) is 1.29. The molecule has 25 heavy (non-hydrogen) atoms. The van der Waals surface area contributed by atoms with Gasteiger partial charge < -0.3 is 10.6 Å². The van der Waals surface area contributed by atoms with Gasteiger partial charge in [-0.3, -0.25) is 14.7 Å². The Labute approximate surface area is 147 Å². The molecule has 0 saturated carbocycles. The molecule has 0 radical (unpaired) electrons. The summed E-state index contributed by atoms with van der Waals surface area (Å²) in [5.74, 6) is -0.0442. The number of rotatable bonds is 7. The zero-order chi connectivity index (χ0) is 18.2. The van der Waals surface area contributed by atoms with Gasteiger partial charge in [0, 0.05) is 17.3 Å². The maximum Gasteiger partial charge on any atom is 0.313 e. The van der Waals surface area contributed by atoms with Crippen LogP contribution in [0.3, 0.4) is 0 Å². The molecular formula is C18H25N5O2. The standard InChI is InChI=1S/C18H25N5O2/c1-4-5-6-8-12(2)19-17(24)18(25)21-15-10-7-9-14(11-15)16-20-13(3)22-23-16/h7,9-12H,4-6,8H2,1-3H3,(H,19,24)(H,21,25)(H,20,22,23)/t12-/m1/s1. The predicted molar refractivity (Wildman–Crippen MR) is 96.9 cm³/mol. The number of aromatic nitrogens is 3. The monoisotopic (exact) mass is 343 g/mol. The Balaban J connectivity index is 1.92. The normalized spacial score (nSPS) is 11.8. The molecule has 0 fully saturated rings. The number of amides is 2. The third kappa shape index (κ3) is 5.70. The largest absolute Gasteiger partial charge is 0.345 e. The lowest BCUT2D eigenvalue weighted by Gasteiger charge is -2.13. The van der Waals surface area contributed by atoms with E-state index in [0.29, 0.717) is 17.3 Å². The van der Waals surface area contributed by atoms with Gasteiger partial charge >= 0.3 is 11.8 Å². The van der Waals surface area contributed by atoms with E-state index in [4.69, 9.17) is 0 Å². The van der Waals surface area contributed by atoms with Gasteiger partial charge in [-0.05, 0) is 32.4 Å². The summed E-state index contributed by atoms with van der Waals surface area (Å²) in [6.07, 6.45) is 4.16. The van der Waals surface area contributed by atoms with Crippen LogP contribution in [0.1, 0.15) is 45.4 Å². The van der Waals surface area contributed by atoms with Gasteiger partial charge in [0.25, 0.3) is 0 Å². The number of benzene rings is 1. The van der Waals surface area contributed by atoms with Gasteiger partial charge in [0.05, 0.1) is 0 Å². The molecule has 3 N–H and O–H groups in total. The average Bonchev–Trinajstić information content (AvgIpc) is 3.02. The lowest BCUT2D eigenvalue weighted by Crippen LogP contribution is -2.40. The minimum atomic E-state index is -0.675. The highest BCUT2D eigenvalue weighted by atomic mass is 16.2. The molecule has 0 unspecified atom stereocenters. The molecule has 1 heterocycles. The molecule has 0 aliphatic heterocycles. The average molecular weight is 343 g/mol. The van der Waals surface area contributed by atoms with E-state index in [1.807, 2.05) is 19.9 Å². The lowest BCUT2D eigenvalue weighted by molar-refractivity contribution is -0.136. The fraction of sp³-hybridized carbons (Fsp3) is 0.444. The van der Waals surface area contributed by atoms with E-state index in [1.54, 1.807) is 18.2 Å². The lowest BCUT2D eigenvalue weighted by atomic mass is 10.1. The van der Waals surface area contributed by atoms with Crippen LogP contribution in [0.25, 0.3) is 11.4 Å². The second-order valence-electron chi connectivity index (χ2n) is 6.15. The van der Waals surface area contributed by atoms with Gasteiger partial charge in [0.15, 0.2) is 5.82 Å². The van der Waals surface area contributed by atoms with E-state index in [0.717, 1.165) is 31.2 Å². The number of H-pyrrole nitrogens is 1. The molecular weight excluding hydrogens is 318 g/mol. The molecule has 134 valence electrons. The van der Waals surface area contributed by atoms with E-state index in [2.05, 4.69) is 32.7 Å². The fourth-order valence-electron chi connectivity index (χ4n) is 2.46. The first-order chi connectivity index (χ1) is 12.0. The molecule has 2 aromatic rings. The van der Waals surface area contributed by atoms with Crippen molar-refractivity contribution in [2.75, 3.05) is 5.32 Å². The van der Waals surface area contributed by atoms with Crippen LogP contribution in [0.5, 0.6) is 0 Å². The quantitative estimate of drug-likeness (QED) is 0.531. The maximum absolute atomic E-state index is 12.1. The van der Waals surface area contributed by atoms with Crippen molar-refractivity contribution in [2.24, 2.45) is 0 Å². The highest BCUT2D eigenvalue weighted by molar-refractivity contribution is 6.39. The van der Waals surface area contributed by atoms with E-state index in [9.17, 15) is 9.59 Å². The van der Waals surface area contributed by atoms with Crippen molar-refractivity contribution < 1.29 is 9.59 Å². The smallest absolute Gasteiger partial charge is 0.313 e. The number of anilines is 1. The number of unbranched alkanes of at least 4 members (excludes halogenated alkanes) is 2. The number of hydrogen-bond donors (Lipinski definition) is 3. The molecule has 2 amide bonds. The molecule has 0 spiro atoms. The number of nitrogens with zero attached hydrogens (tertiary/aromatic N) is 2. The zero-order valence-corrected chi connectivity index (χ0v) is 14.9.